The average molecular weight is 228 g/mol. The van der Waals surface area contributed by atoms with Crippen molar-refractivity contribution in [2.75, 3.05) is 12.3 Å². The number of nitrogen functional groups attached to an aromatic ring is 1. The Hall–Kier alpha value is -2.03. The fourth-order valence-electron chi connectivity index (χ4n) is 1.74. The summed E-state index contributed by atoms with van der Waals surface area (Å²) in [6.07, 6.45) is 4.25. The molecule has 0 unspecified atom stereocenters. The monoisotopic (exact) mass is 228 g/mol. The molecule has 2 aromatic rings. The van der Waals surface area contributed by atoms with Crippen LogP contribution in [-0.4, -0.2) is 11.6 Å². The third kappa shape index (κ3) is 2.75. The van der Waals surface area contributed by atoms with E-state index in [1.54, 1.807) is 12.4 Å². The van der Waals surface area contributed by atoms with E-state index in [2.05, 4.69) is 11.1 Å². The van der Waals surface area contributed by atoms with E-state index in [9.17, 15) is 0 Å². The SMILES string of the molecule is CCOc1ccccc1Cc1cnccc1N. The smallest absolute Gasteiger partial charge is 0.122 e. The Morgan fingerprint density at radius 1 is 1.18 bits per heavy atom. The Morgan fingerprint density at radius 3 is 2.76 bits per heavy atom. The molecule has 0 atom stereocenters. The number of hydrogen-bond donors (Lipinski definition) is 1. The first kappa shape index (κ1) is 11.5. The third-order valence-electron chi connectivity index (χ3n) is 2.59. The van der Waals surface area contributed by atoms with Gasteiger partial charge in [0.2, 0.25) is 0 Å². The molecule has 17 heavy (non-hydrogen) atoms. The van der Waals surface area contributed by atoms with Crippen LogP contribution >= 0.6 is 0 Å². The van der Waals surface area contributed by atoms with Crippen molar-refractivity contribution in [2.45, 2.75) is 13.3 Å². The summed E-state index contributed by atoms with van der Waals surface area (Å²) in [5.74, 6) is 0.915. The Kier molecular flexibility index (Phi) is 3.60. The van der Waals surface area contributed by atoms with Crippen LogP contribution in [0.1, 0.15) is 18.1 Å². The van der Waals surface area contributed by atoms with Crippen LogP contribution in [0.3, 0.4) is 0 Å². The number of rotatable bonds is 4. The highest BCUT2D eigenvalue weighted by molar-refractivity contribution is 5.48. The molecule has 0 aliphatic carbocycles. The minimum absolute atomic E-state index is 0.666. The van der Waals surface area contributed by atoms with Gasteiger partial charge in [0, 0.05) is 24.5 Å². The first-order valence-corrected chi connectivity index (χ1v) is 5.70. The van der Waals surface area contributed by atoms with E-state index >= 15 is 0 Å². The lowest BCUT2D eigenvalue weighted by molar-refractivity contribution is 0.337. The number of anilines is 1. The van der Waals surface area contributed by atoms with Crippen LogP contribution in [0.2, 0.25) is 0 Å². The minimum Gasteiger partial charge on any atom is -0.494 e. The highest BCUT2D eigenvalue weighted by Gasteiger charge is 2.05. The standard InChI is InChI=1S/C14H16N2O/c1-2-17-14-6-4-3-5-11(14)9-12-10-16-8-7-13(12)15/h3-8,10H,2,9H2,1H3,(H2,15,16). The Bertz CT molecular complexity index is 497. The first-order valence-electron chi connectivity index (χ1n) is 5.70. The van der Waals surface area contributed by atoms with Gasteiger partial charge in [-0.1, -0.05) is 18.2 Å². The van der Waals surface area contributed by atoms with E-state index in [0.717, 1.165) is 29.0 Å². The van der Waals surface area contributed by atoms with Gasteiger partial charge in [0.05, 0.1) is 6.61 Å². The maximum atomic E-state index is 5.91. The summed E-state index contributed by atoms with van der Waals surface area (Å²) in [6, 6.07) is 9.83. The fourth-order valence-corrected chi connectivity index (χ4v) is 1.74. The normalized spacial score (nSPS) is 10.2. The highest BCUT2D eigenvalue weighted by Crippen LogP contribution is 2.23. The van der Waals surface area contributed by atoms with Gasteiger partial charge in [0.1, 0.15) is 5.75 Å². The number of pyridine rings is 1. The average Bonchev–Trinajstić information content (AvgIpc) is 2.35. The molecule has 0 radical (unpaired) electrons. The second kappa shape index (κ2) is 5.34. The molecule has 3 nitrogen and oxygen atoms in total. The number of aromatic nitrogens is 1. The summed E-state index contributed by atoms with van der Waals surface area (Å²) in [4.78, 5) is 4.10. The van der Waals surface area contributed by atoms with Crippen molar-refractivity contribution in [2.24, 2.45) is 0 Å². The van der Waals surface area contributed by atoms with Gasteiger partial charge < -0.3 is 10.5 Å². The van der Waals surface area contributed by atoms with E-state index in [1.165, 1.54) is 0 Å². The molecular weight excluding hydrogens is 212 g/mol. The molecule has 2 N–H and O–H groups in total. The minimum atomic E-state index is 0.666. The van der Waals surface area contributed by atoms with Gasteiger partial charge in [0.15, 0.2) is 0 Å². The van der Waals surface area contributed by atoms with E-state index in [4.69, 9.17) is 10.5 Å². The van der Waals surface area contributed by atoms with Gasteiger partial charge >= 0.3 is 0 Å². The first-order chi connectivity index (χ1) is 8.31. The Balaban J connectivity index is 2.27. The van der Waals surface area contributed by atoms with Gasteiger partial charge in [-0.2, -0.15) is 0 Å². The van der Waals surface area contributed by atoms with E-state index in [0.29, 0.717) is 6.61 Å². The number of benzene rings is 1. The molecule has 1 aromatic carbocycles. The maximum absolute atomic E-state index is 5.91. The van der Waals surface area contributed by atoms with Crippen molar-refractivity contribution in [3.05, 3.63) is 53.9 Å². The fraction of sp³-hybridized carbons (Fsp3) is 0.214. The largest absolute Gasteiger partial charge is 0.494 e. The van der Waals surface area contributed by atoms with Gasteiger partial charge in [-0.15, -0.1) is 0 Å². The van der Waals surface area contributed by atoms with Crippen molar-refractivity contribution >= 4 is 5.69 Å². The van der Waals surface area contributed by atoms with Gasteiger partial charge in [-0.25, -0.2) is 0 Å². The van der Waals surface area contributed by atoms with Gasteiger partial charge in [0.25, 0.3) is 0 Å². The van der Waals surface area contributed by atoms with E-state index < -0.39 is 0 Å². The summed E-state index contributed by atoms with van der Waals surface area (Å²) >= 11 is 0. The molecular formula is C14H16N2O. The second-order valence-corrected chi connectivity index (χ2v) is 3.79. The molecule has 0 saturated heterocycles. The molecule has 0 fully saturated rings. The van der Waals surface area contributed by atoms with Crippen LogP contribution in [0.5, 0.6) is 5.75 Å². The summed E-state index contributed by atoms with van der Waals surface area (Å²) in [5.41, 5.74) is 8.84. The van der Waals surface area contributed by atoms with Gasteiger partial charge in [-0.3, -0.25) is 4.98 Å². The molecule has 1 heterocycles. The van der Waals surface area contributed by atoms with Crippen LogP contribution in [0.4, 0.5) is 5.69 Å². The predicted octanol–water partition coefficient (Wildman–Crippen LogP) is 2.65. The lowest BCUT2D eigenvalue weighted by atomic mass is 10.0. The van der Waals surface area contributed by atoms with E-state index in [1.807, 2.05) is 31.2 Å². The quantitative estimate of drug-likeness (QED) is 0.875. The lowest BCUT2D eigenvalue weighted by Gasteiger charge is -2.10. The van der Waals surface area contributed by atoms with Gasteiger partial charge in [-0.05, 0) is 30.2 Å². The highest BCUT2D eigenvalue weighted by atomic mass is 16.5. The molecule has 0 spiro atoms. The topological polar surface area (TPSA) is 48.1 Å². The summed E-state index contributed by atoms with van der Waals surface area (Å²) in [5, 5.41) is 0. The van der Waals surface area contributed by atoms with E-state index in [-0.39, 0.29) is 0 Å². The zero-order valence-corrected chi connectivity index (χ0v) is 9.89. The Morgan fingerprint density at radius 2 is 2.00 bits per heavy atom. The second-order valence-electron chi connectivity index (χ2n) is 3.79. The van der Waals surface area contributed by atoms with Crippen LogP contribution in [-0.2, 0) is 6.42 Å². The van der Waals surface area contributed by atoms with Crippen LogP contribution < -0.4 is 10.5 Å². The van der Waals surface area contributed by atoms with Crippen molar-refractivity contribution < 1.29 is 4.74 Å². The molecule has 0 saturated carbocycles. The number of nitrogens with zero attached hydrogens (tertiary/aromatic N) is 1. The number of hydrogen-bond acceptors (Lipinski definition) is 3. The maximum Gasteiger partial charge on any atom is 0.122 e. The summed E-state index contributed by atoms with van der Waals surface area (Å²) in [7, 11) is 0. The molecule has 0 aliphatic heterocycles. The molecule has 0 bridgehead atoms. The molecule has 0 amide bonds. The lowest BCUT2D eigenvalue weighted by Crippen LogP contribution is -2.00. The zero-order chi connectivity index (χ0) is 12.1. The molecule has 0 aliphatic rings. The van der Waals surface area contributed by atoms with Crippen molar-refractivity contribution in [1.82, 2.24) is 4.98 Å². The number of nitrogens with two attached hydrogens (primary N) is 1. The molecule has 3 heteroatoms. The summed E-state index contributed by atoms with van der Waals surface area (Å²) < 4.78 is 5.59. The van der Waals surface area contributed by atoms with Crippen molar-refractivity contribution in [1.29, 1.82) is 0 Å². The van der Waals surface area contributed by atoms with Crippen molar-refractivity contribution in [3.8, 4) is 5.75 Å². The Labute approximate surface area is 101 Å². The van der Waals surface area contributed by atoms with Crippen LogP contribution in [0, 0.1) is 0 Å². The van der Waals surface area contributed by atoms with Crippen molar-refractivity contribution in [3.63, 3.8) is 0 Å². The molecule has 2 rings (SSSR count). The third-order valence-corrected chi connectivity index (χ3v) is 2.59. The number of ether oxygens (including phenoxy) is 1. The zero-order valence-electron chi connectivity index (χ0n) is 9.89. The predicted molar refractivity (Wildman–Crippen MR) is 69.1 cm³/mol. The number of para-hydroxylation sites is 1. The summed E-state index contributed by atoms with van der Waals surface area (Å²) in [6.45, 7) is 2.65. The van der Waals surface area contributed by atoms with Crippen LogP contribution in [0.25, 0.3) is 0 Å². The molecule has 1 aromatic heterocycles. The molecule has 88 valence electrons. The van der Waals surface area contributed by atoms with Crippen LogP contribution in [0.15, 0.2) is 42.7 Å².